The summed E-state index contributed by atoms with van der Waals surface area (Å²) in [5.41, 5.74) is 1.07. The highest BCUT2D eigenvalue weighted by molar-refractivity contribution is 5.84. The Balaban J connectivity index is 2.47. The molecule has 1 heterocycles. The van der Waals surface area contributed by atoms with Gasteiger partial charge in [0.2, 0.25) is 0 Å². The maximum atomic E-state index is 11.2. The third-order valence-corrected chi connectivity index (χ3v) is 2.38. The van der Waals surface area contributed by atoms with Gasteiger partial charge >= 0.3 is 5.97 Å². The molecule has 0 fully saturated rings. The van der Waals surface area contributed by atoms with Crippen LogP contribution in [-0.4, -0.2) is 34.1 Å². The molecule has 0 N–H and O–H groups in total. The number of nitrogens with zero attached hydrogens (tertiary/aromatic N) is 4. The summed E-state index contributed by atoms with van der Waals surface area (Å²) in [7, 11) is 1.22. The lowest BCUT2D eigenvalue weighted by Gasteiger charge is -2.03. The molecule has 0 aliphatic heterocycles. The molecule has 1 aromatic carbocycles. The molecule has 0 saturated carbocycles. The van der Waals surface area contributed by atoms with Gasteiger partial charge in [-0.3, -0.25) is 4.79 Å². The number of methoxy groups -OCH3 is 1. The lowest BCUT2D eigenvalue weighted by atomic mass is 10.1. The molecule has 2 aromatic rings. The molecule has 0 atom stereocenters. The Morgan fingerprint density at radius 1 is 1.53 bits per heavy atom. The van der Waals surface area contributed by atoms with Gasteiger partial charge < -0.3 is 4.74 Å². The van der Waals surface area contributed by atoms with E-state index in [-0.39, 0.29) is 11.4 Å². The Labute approximate surface area is 108 Å². The minimum atomic E-state index is -0.665. The first-order valence-electron chi connectivity index (χ1n) is 5.19. The first kappa shape index (κ1) is 12.4. The average Bonchev–Trinajstić information content (AvgIpc) is 2.95. The van der Waals surface area contributed by atoms with Crippen LogP contribution >= 0.6 is 0 Å². The monoisotopic (exact) mass is 256 g/mol. The first-order valence-corrected chi connectivity index (χ1v) is 5.19. The summed E-state index contributed by atoms with van der Waals surface area (Å²) in [6, 6.07) is 6.49. The minimum Gasteiger partial charge on any atom is -0.463 e. The highest BCUT2D eigenvalue weighted by Crippen LogP contribution is 2.14. The summed E-state index contributed by atoms with van der Waals surface area (Å²) >= 11 is 0. The molecule has 0 spiro atoms. The smallest absolute Gasteiger partial charge is 0.377 e. The second-order valence-corrected chi connectivity index (χ2v) is 3.51. The van der Waals surface area contributed by atoms with Crippen LogP contribution in [0.25, 0.3) is 5.69 Å². The third-order valence-electron chi connectivity index (χ3n) is 2.38. The van der Waals surface area contributed by atoms with Crippen LogP contribution in [0.5, 0.6) is 0 Å². The van der Waals surface area contributed by atoms with Crippen molar-refractivity contribution in [3.05, 3.63) is 41.5 Å². The quantitative estimate of drug-likeness (QED) is 0.593. The zero-order chi connectivity index (χ0) is 13.8. The highest BCUT2D eigenvalue weighted by Gasteiger charge is 2.13. The number of carbonyl (C=O) groups is 2. The van der Waals surface area contributed by atoms with Gasteiger partial charge in [-0.05, 0) is 18.2 Å². The van der Waals surface area contributed by atoms with E-state index in [1.54, 1.807) is 12.1 Å². The van der Waals surface area contributed by atoms with Crippen LogP contribution in [0.15, 0.2) is 24.5 Å². The standard InChI is InChI=1S/C12H8N4O3/c1-19-12(18)11-14-7-16(15-11)10-3-2-8(6-17)4-9(10)5-13/h2-4,6-7H,1H3. The summed E-state index contributed by atoms with van der Waals surface area (Å²) in [6.45, 7) is 0. The number of rotatable bonds is 3. The molecular weight excluding hydrogens is 248 g/mol. The molecule has 0 aliphatic rings. The van der Waals surface area contributed by atoms with E-state index < -0.39 is 5.97 Å². The van der Waals surface area contributed by atoms with Gasteiger partial charge in [0.25, 0.3) is 5.82 Å². The van der Waals surface area contributed by atoms with E-state index in [0.717, 1.165) is 0 Å². The molecule has 0 saturated heterocycles. The van der Waals surface area contributed by atoms with Gasteiger partial charge in [0.1, 0.15) is 18.7 Å². The summed E-state index contributed by atoms with van der Waals surface area (Å²) in [4.78, 5) is 25.7. The van der Waals surface area contributed by atoms with Crippen LogP contribution in [0, 0.1) is 11.3 Å². The summed E-state index contributed by atoms with van der Waals surface area (Å²) < 4.78 is 5.77. The van der Waals surface area contributed by atoms with Gasteiger partial charge in [-0.1, -0.05) is 0 Å². The number of aromatic nitrogens is 3. The lowest BCUT2D eigenvalue weighted by Crippen LogP contribution is -2.06. The van der Waals surface area contributed by atoms with E-state index >= 15 is 0 Å². The van der Waals surface area contributed by atoms with Crippen molar-refractivity contribution in [3.63, 3.8) is 0 Å². The maximum Gasteiger partial charge on any atom is 0.377 e. The van der Waals surface area contributed by atoms with Crippen molar-refractivity contribution in [1.82, 2.24) is 14.8 Å². The summed E-state index contributed by atoms with van der Waals surface area (Å²) in [6.07, 6.45) is 1.94. The van der Waals surface area contributed by atoms with Crippen molar-refractivity contribution < 1.29 is 14.3 Å². The van der Waals surface area contributed by atoms with Crippen LogP contribution in [-0.2, 0) is 4.74 Å². The molecule has 2 rings (SSSR count). The van der Waals surface area contributed by atoms with Crippen molar-refractivity contribution in [1.29, 1.82) is 5.26 Å². The van der Waals surface area contributed by atoms with Crippen molar-refractivity contribution in [2.24, 2.45) is 0 Å². The number of carbonyl (C=O) groups excluding carboxylic acids is 2. The number of hydrogen-bond acceptors (Lipinski definition) is 6. The van der Waals surface area contributed by atoms with Gasteiger partial charge in [-0.25, -0.2) is 14.5 Å². The topological polar surface area (TPSA) is 97.9 Å². The van der Waals surface area contributed by atoms with Crippen molar-refractivity contribution >= 4 is 12.3 Å². The van der Waals surface area contributed by atoms with E-state index in [1.807, 2.05) is 6.07 Å². The molecule has 0 bridgehead atoms. The summed E-state index contributed by atoms with van der Waals surface area (Å²) in [5, 5.41) is 12.9. The molecule has 7 nitrogen and oxygen atoms in total. The van der Waals surface area contributed by atoms with E-state index in [4.69, 9.17) is 5.26 Å². The molecule has 0 unspecified atom stereocenters. The molecule has 94 valence electrons. The van der Waals surface area contributed by atoms with E-state index in [0.29, 0.717) is 17.5 Å². The second-order valence-electron chi connectivity index (χ2n) is 3.51. The van der Waals surface area contributed by atoms with Gasteiger partial charge in [-0.2, -0.15) is 5.26 Å². The molecule has 7 heteroatoms. The number of benzene rings is 1. The normalized spacial score (nSPS) is 9.68. The van der Waals surface area contributed by atoms with E-state index in [2.05, 4.69) is 14.8 Å². The SMILES string of the molecule is COC(=O)c1ncn(-c2ccc(C=O)cc2C#N)n1. The largest absolute Gasteiger partial charge is 0.463 e. The average molecular weight is 256 g/mol. The van der Waals surface area contributed by atoms with Gasteiger partial charge in [0.15, 0.2) is 0 Å². The second kappa shape index (κ2) is 5.10. The highest BCUT2D eigenvalue weighted by atomic mass is 16.5. The van der Waals surface area contributed by atoms with Gasteiger partial charge in [0.05, 0.1) is 18.4 Å². The van der Waals surface area contributed by atoms with Crippen LogP contribution in [0.4, 0.5) is 0 Å². The number of esters is 1. The van der Waals surface area contributed by atoms with Crippen LogP contribution < -0.4 is 0 Å². The number of hydrogen-bond donors (Lipinski definition) is 0. The Bertz CT molecular complexity index is 685. The Hall–Kier alpha value is -3.01. The van der Waals surface area contributed by atoms with Crippen LogP contribution in [0.3, 0.4) is 0 Å². The van der Waals surface area contributed by atoms with Gasteiger partial charge in [0, 0.05) is 5.56 Å². The molecule has 1 aromatic heterocycles. The predicted octanol–water partition coefficient (Wildman–Crippen LogP) is 0.738. The van der Waals surface area contributed by atoms with Crippen molar-refractivity contribution in [2.45, 2.75) is 0 Å². The minimum absolute atomic E-state index is 0.106. The molecule has 19 heavy (non-hydrogen) atoms. The maximum absolute atomic E-state index is 11.2. The Morgan fingerprint density at radius 2 is 2.32 bits per heavy atom. The van der Waals surface area contributed by atoms with Crippen molar-refractivity contribution in [2.75, 3.05) is 7.11 Å². The molecular formula is C12H8N4O3. The summed E-state index contributed by atoms with van der Waals surface area (Å²) in [5.74, 6) is -0.771. The number of ether oxygens (including phenoxy) is 1. The van der Waals surface area contributed by atoms with Crippen LogP contribution in [0.2, 0.25) is 0 Å². The zero-order valence-electron chi connectivity index (χ0n) is 9.90. The van der Waals surface area contributed by atoms with E-state index in [1.165, 1.54) is 24.2 Å². The van der Waals surface area contributed by atoms with Crippen molar-refractivity contribution in [3.8, 4) is 11.8 Å². The first-order chi connectivity index (χ1) is 9.19. The van der Waals surface area contributed by atoms with Gasteiger partial charge in [-0.15, -0.1) is 5.10 Å². The fraction of sp³-hybridized carbons (Fsp3) is 0.0833. The predicted molar refractivity (Wildman–Crippen MR) is 62.8 cm³/mol. The Kier molecular flexibility index (Phi) is 3.34. The number of nitriles is 1. The fourth-order valence-electron chi connectivity index (χ4n) is 1.48. The lowest BCUT2D eigenvalue weighted by molar-refractivity contribution is 0.0587. The molecule has 0 amide bonds. The molecule has 0 aliphatic carbocycles. The van der Waals surface area contributed by atoms with Crippen LogP contribution in [0.1, 0.15) is 26.5 Å². The van der Waals surface area contributed by atoms with E-state index in [9.17, 15) is 9.59 Å². The zero-order valence-corrected chi connectivity index (χ0v) is 9.90. The molecule has 0 radical (unpaired) electrons. The third kappa shape index (κ3) is 2.32. The number of aldehydes is 1. The fourth-order valence-corrected chi connectivity index (χ4v) is 1.48. The Morgan fingerprint density at radius 3 is 2.95 bits per heavy atom.